The number of hydrogen-bond donors (Lipinski definition) is 1. The van der Waals surface area contributed by atoms with Gasteiger partial charge in [-0.05, 0) is 61.0 Å². The molecule has 4 heterocycles. The van der Waals surface area contributed by atoms with Gasteiger partial charge < -0.3 is 4.74 Å². The predicted octanol–water partition coefficient (Wildman–Crippen LogP) is 4.62. The van der Waals surface area contributed by atoms with Crippen molar-refractivity contribution in [3.8, 4) is 10.4 Å². The monoisotopic (exact) mass is 382 g/mol. The topological polar surface area (TPSA) is 41.6 Å². The summed E-state index contributed by atoms with van der Waals surface area (Å²) in [6.07, 6.45) is 1.80. The van der Waals surface area contributed by atoms with Gasteiger partial charge in [-0.2, -0.15) is 0 Å². The lowest BCUT2D eigenvalue weighted by Crippen LogP contribution is -2.52. The van der Waals surface area contributed by atoms with E-state index < -0.39 is 6.09 Å². The van der Waals surface area contributed by atoms with Crippen molar-refractivity contribution < 1.29 is 13.9 Å². The Labute approximate surface area is 156 Å². The zero-order chi connectivity index (χ0) is 16.5. The molecular formula is C18H20ClFN2O2S. The van der Waals surface area contributed by atoms with E-state index in [4.69, 9.17) is 4.74 Å². The molecule has 0 saturated carbocycles. The number of benzene rings is 1. The molecule has 1 aromatic heterocycles. The van der Waals surface area contributed by atoms with Gasteiger partial charge in [0, 0.05) is 6.54 Å². The third-order valence-electron chi connectivity index (χ3n) is 4.86. The lowest BCUT2D eigenvalue weighted by atomic mass is 9.86. The minimum absolute atomic E-state index is 0. The number of anilines is 1. The average Bonchev–Trinajstić information content (AvgIpc) is 3.04. The van der Waals surface area contributed by atoms with Gasteiger partial charge in [0.1, 0.15) is 11.9 Å². The van der Waals surface area contributed by atoms with Crippen molar-refractivity contribution >= 4 is 35.5 Å². The van der Waals surface area contributed by atoms with E-state index in [1.54, 1.807) is 12.1 Å². The van der Waals surface area contributed by atoms with Crippen LogP contribution in [0.25, 0.3) is 10.4 Å². The van der Waals surface area contributed by atoms with Crippen LogP contribution in [0, 0.1) is 11.7 Å². The highest BCUT2D eigenvalue weighted by atomic mass is 35.5. The van der Waals surface area contributed by atoms with E-state index in [0.29, 0.717) is 11.6 Å². The molecule has 2 aromatic rings. The molecule has 3 saturated heterocycles. The van der Waals surface area contributed by atoms with Crippen LogP contribution in [0.5, 0.6) is 0 Å². The second-order valence-corrected chi connectivity index (χ2v) is 7.29. The van der Waals surface area contributed by atoms with Crippen LogP contribution in [-0.4, -0.2) is 36.7 Å². The van der Waals surface area contributed by atoms with E-state index in [2.05, 4.69) is 10.2 Å². The van der Waals surface area contributed by atoms with E-state index >= 15 is 0 Å². The summed E-state index contributed by atoms with van der Waals surface area (Å²) in [6, 6.07) is 8.12. The summed E-state index contributed by atoms with van der Waals surface area (Å²) < 4.78 is 18.7. The van der Waals surface area contributed by atoms with Gasteiger partial charge in [-0.15, -0.1) is 23.7 Å². The lowest BCUT2D eigenvalue weighted by molar-refractivity contribution is -0.0289. The summed E-state index contributed by atoms with van der Waals surface area (Å²) in [5.41, 5.74) is 1.59. The Balaban J connectivity index is 0.00000182. The maximum Gasteiger partial charge on any atom is 0.411 e. The smallest absolute Gasteiger partial charge is 0.411 e. The highest BCUT2D eigenvalue weighted by Crippen LogP contribution is 2.34. The summed E-state index contributed by atoms with van der Waals surface area (Å²) in [5, 5.41) is 4.75. The fourth-order valence-corrected chi connectivity index (χ4v) is 4.41. The molecule has 7 heteroatoms. The number of nitrogens with zero attached hydrogens (tertiary/aromatic N) is 1. The number of fused-ring (bicyclic) bond motifs is 3. The molecule has 1 aromatic carbocycles. The van der Waals surface area contributed by atoms with Crippen LogP contribution in [0.15, 0.2) is 35.7 Å². The third-order valence-corrected chi connectivity index (χ3v) is 5.83. The molecule has 3 aliphatic heterocycles. The minimum atomic E-state index is -0.407. The van der Waals surface area contributed by atoms with Gasteiger partial charge in [-0.3, -0.25) is 10.2 Å². The summed E-state index contributed by atoms with van der Waals surface area (Å²) >= 11 is 1.51. The number of rotatable bonds is 3. The molecule has 1 atom stereocenters. The van der Waals surface area contributed by atoms with Crippen molar-refractivity contribution in [1.82, 2.24) is 4.90 Å². The second kappa shape index (κ2) is 7.72. The van der Waals surface area contributed by atoms with Gasteiger partial charge >= 0.3 is 6.09 Å². The number of nitrogens with one attached hydrogen (secondary N) is 1. The molecular weight excluding hydrogens is 363 g/mol. The Morgan fingerprint density at radius 1 is 1.20 bits per heavy atom. The maximum absolute atomic E-state index is 13.1. The summed E-state index contributed by atoms with van der Waals surface area (Å²) in [6.45, 7) is 3.07. The summed E-state index contributed by atoms with van der Waals surface area (Å²) in [4.78, 5) is 15.5. The average molecular weight is 383 g/mol. The summed E-state index contributed by atoms with van der Waals surface area (Å²) in [7, 11) is 0. The molecule has 25 heavy (non-hydrogen) atoms. The fraction of sp³-hybridized carbons (Fsp3) is 0.389. The van der Waals surface area contributed by atoms with Crippen molar-refractivity contribution in [3.05, 3.63) is 41.5 Å². The molecule has 3 aliphatic rings. The van der Waals surface area contributed by atoms with Crippen LogP contribution < -0.4 is 5.32 Å². The molecule has 134 valence electrons. The zero-order valence-corrected chi connectivity index (χ0v) is 15.2. The fourth-order valence-electron chi connectivity index (χ4n) is 3.55. The van der Waals surface area contributed by atoms with Crippen molar-refractivity contribution in [2.24, 2.45) is 5.92 Å². The Hall–Kier alpha value is -1.63. The normalized spacial score (nSPS) is 24.4. The van der Waals surface area contributed by atoms with Crippen LogP contribution in [0.2, 0.25) is 0 Å². The maximum atomic E-state index is 13.1. The van der Waals surface area contributed by atoms with Gasteiger partial charge in [0.2, 0.25) is 0 Å². The first-order valence-electron chi connectivity index (χ1n) is 8.22. The Bertz CT molecular complexity index is 729. The second-order valence-electron chi connectivity index (χ2n) is 6.38. The van der Waals surface area contributed by atoms with E-state index in [9.17, 15) is 9.18 Å². The molecule has 4 nitrogen and oxygen atoms in total. The zero-order valence-electron chi connectivity index (χ0n) is 13.6. The van der Waals surface area contributed by atoms with Gasteiger partial charge in [-0.25, -0.2) is 9.18 Å². The number of amides is 1. The number of ether oxygens (including phenoxy) is 1. The molecule has 1 unspecified atom stereocenters. The molecule has 1 amide bonds. The third kappa shape index (κ3) is 3.97. The number of carbonyl (C=O) groups is 1. The number of halogens is 2. The standard InChI is InChI=1S/C18H19FN2O2S.ClH/c19-14-3-1-13(2-4-14)17-15(7-10-24-17)20-18(22)23-16-11-21-8-5-12(16)6-9-21;/h1-4,7,10,12,16H,5-6,8-9,11H2,(H,20,22);1H. The Morgan fingerprint density at radius 2 is 1.92 bits per heavy atom. The van der Waals surface area contributed by atoms with Crippen molar-refractivity contribution in [1.29, 1.82) is 0 Å². The Kier molecular flexibility index (Phi) is 5.61. The molecule has 0 spiro atoms. The summed E-state index contributed by atoms with van der Waals surface area (Å²) in [5.74, 6) is 0.214. The first kappa shape index (κ1) is 18.2. The number of thiophene rings is 1. The molecule has 3 fully saturated rings. The van der Waals surface area contributed by atoms with E-state index in [0.717, 1.165) is 42.9 Å². The van der Waals surface area contributed by atoms with Gasteiger partial charge in [0.05, 0.1) is 10.6 Å². The molecule has 0 radical (unpaired) electrons. The van der Waals surface area contributed by atoms with Crippen molar-refractivity contribution in [2.75, 3.05) is 25.0 Å². The highest BCUT2D eigenvalue weighted by Gasteiger charge is 2.36. The Morgan fingerprint density at radius 3 is 2.56 bits per heavy atom. The first-order chi connectivity index (χ1) is 11.7. The van der Waals surface area contributed by atoms with Gasteiger partial charge in [0.15, 0.2) is 0 Å². The lowest BCUT2D eigenvalue weighted by Gasteiger charge is -2.43. The molecule has 1 N–H and O–H groups in total. The van der Waals surface area contributed by atoms with Crippen LogP contribution in [-0.2, 0) is 4.74 Å². The number of carbonyl (C=O) groups excluding carboxylic acids is 1. The number of piperidine rings is 3. The van der Waals surface area contributed by atoms with Crippen molar-refractivity contribution in [2.45, 2.75) is 18.9 Å². The highest BCUT2D eigenvalue weighted by molar-refractivity contribution is 7.14. The van der Waals surface area contributed by atoms with E-state index in [-0.39, 0.29) is 24.3 Å². The van der Waals surface area contributed by atoms with Crippen LogP contribution >= 0.6 is 23.7 Å². The predicted molar refractivity (Wildman–Crippen MR) is 100 cm³/mol. The SMILES string of the molecule is Cl.O=C(Nc1ccsc1-c1ccc(F)cc1)OC1CN2CCC1CC2. The van der Waals surface area contributed by atoms with Crippen LogP contribution in [0.3, 0.4) is 0 Å². The van der Waals surface area contributed by atoms with E-state index in [1.165, 1.54) is 23.5 Å². The quantitative estimate of drug-likeness (QED) is 0.842. The molecule has 5 rings (SSSR count). The van der Waals surface area contributed by atoms with E-state index in [1.807, 2.05) is 11.4 Å². The minimum Gasteiger partial charge on any atom is -0.444 e. The molecule has 2 bridgehead atoms. The number of hydrogen-bond acceptors (Lipinski definition) is 4. The van der Waals surface area contributed by atoms with Gasteiger partial charge in [0.25, 0.3) is 0 Å². The van der Waals surface area contributed by atoms with Crippen molar-refractivity contribution in [3.63, 3.8) is 0 Å². The molecule has 0 aliphatic carbocycles. The van der Waals surface area contributed by atoms with Crippen LogP contribution in [0.4, 0.5) is 14.9 Å². The van der Waals surface area contributed by atoms with Gasteiger partial charge in [-0.1, -0.05) is 12.1 Å². The first-order valence-corrected chi connectivity index (χ1v) is 9.10. The van der Waals surface area contributed by atoms with Crippen LogP contribution in [0.1, 0.15) is 12.8 Å². The largest absolute Gasteiger partial charge is 0.444 e.